The van der Waals surface area contributed by atoms with E-state index in [9.17, 15) is 5.11 Å². The second kappa shape index (κ2) is 6.66. The summed E-state index contributed by atoms with van der Waals surface area (Å²) in [5.41, 5.74) is 1.62. The van der Waals surface area contributed by atoms with Crippen molar-refractivity contribution in [2.75, 3.05) is 0 Å². The summed E-state index contributed by atoms with van der Waals surface area (Å²) in [5.74, 6) is 1.36. The van der Waals surface area contributed by atoms with Gasteiger partial charge in [-0.2, -0.15) is 4.98 Å². The number of hydrogen-bond acceptors (Lipinski definition) is 6. The number of nitrogens with zero attached hydrogens (tertiary/aromatic N) is 5. The molecule has 4 rings (SSSR count). The van der Waals surface area contributed by atoms with Crippen LogP contribution in [0.3, 0.4) is 0 Å². The molecule has 0 aliphatic heterocycles. The van der Waals surface area contributed by atoms with Crippen molar-refractivity contribution in [1.82, 2.24) is 24.9 Å². The summed E-state index contributed by atoms with van der Waals surface area (Å²) < 4.78 is 7.01. The first-order valence-electron chi connectivity index (χ1n) is 7.80. The Bertz CT molecular complexity index is 950. The van der Waals surface area contributed by atoms with Gasteiger partial charge < -0.3 is 14.2 Å². The lowest BCUT2D eigenvalue weighted by Crippen LogP contribution is -2.10. The van der Waals surface area contributed by atoms with Crippen molar-refractivity contribution < 1.29 is 9.63 Å². The first-order chi connectivity index (χ1) is 12.3. The largest absolute Gasteiger partial charge is 0.380 e. The minimum atomic E-state index is -0.875. The predicted molar refractivity (Wildman–Crippen MR) is 89.4 cm³/mol. The van der Waals surface area contributed by atoms with E-state index in [2.05, 4.69) is 20.3 Å². The van der Waals surface area contributed by atoms with E-state index in [0.29, 0.717) is 17.5 Å². The third-order valence-electron chi connectivity index (χ3n) is 3.81. The average Bonchev–Trinajstić information content (AvgIpc) is 3.33. The van der Waals surface area contributed by atoms with Crippen molar-refractivity contribution in [3.05, 3.63) is 84.3 Å². The Morgan fingerprint density at radius 1 is 1.00 bits per heavy atom. The SMILES string of the molecule is OC(c1ccccc1)c1nncn1Cc1nc(-c2ccccc2)no1. The zero-order valence-corrected chi connectivity index (χ0v) is 13.2. The van der Waals surface area contributed by atoms with Gasteiger partial charge in [0.15, 0.2) is 5.82 Å². The third-order valence-corrected chi connectivity index (χ3v) is 3.81. The quantitative estimate of drug-likeness (QED) is 0.603. The molecule has 0 fully saturated rings. The maximum atomic E-state index is 10.5. The molecular formula is C18H15N5O2. The van der Waals surface area contributed by atoms with Gasteiger partial charge >= 0.3 is 0 Å². The fraction of sp³-hybridized carbons (Fsp3) is 0.111. The van der Waals surface area contributed by atoms with E-state index in [1.165, 1.54) is 6.33 Å². The Hall–Kier alpha value is -3.32. The summed E-state index contributed by atoms with van der Waals surface area (Å²) in [6.45, 7) is 0.284. The molecule has 0 aliphatic rings. The standard InChI is InChI=1S/C18H15N5O2/c24-16(13-7-3-1-4-8-13)18-21-19-12-23(18)11-15-20-17(22-25-15)14-9-5-2-6-10-14/h1-10,12,16,24H,11H2. The lowest BCUT2D eigenvalue weighted by atomic mass is 10.1. The molecule has 0 amide bonds. The van der Waals surface area contributed by atoms with Crippen LogP contribution in [0.4, 0.5) is 0 Å². The van der Waals surface area contributed by atoms with E-state index in [1.54, 1.807) is 4.57 Å². The van der Waals surface area contributed by atoms with Gasteiger partial charge in [-0.05, 0) is 5.56 Å². The fourth-order valence-corrected chi connectivity index (χ4v) is 2.55. The molecule has 124 valence electrons. The second-order valence-electron chi connectivity index (χ2n) is 5.51. The van der Waals surface area contributed by atoms with Crippen LogP contribution in [-0.2, 0) is 6.54 Å². The highest BCUT2D eigenvalue weighted by atomic mass is 16.5. The average molecular weight is 333 g/mol. The van der Waals surface area contributed by atoms with Gasteiger partial charge in [-0.1, -0.05) is 65.8 Å². The fourth-order valence-electron chi connectivity index (χ4n) is 2.55. The molecule has 1 N–H and O–H groups in total. The van der Waals surface area contributed by atoms with Gasteiger partial charge in [-0.3, -0.25) is 0 Å². The van der Waals surface area contributed by atoms with Gasteiger partial charge in [0.25, 0.3) is 0 Å². The van der Waals surface area contributed by atoms with E-state index < -0.39 is 6.10 Å². The molecule has 0 spiro atoms. The zero-order valence-electron chi connectivity index (χ0n) is 13.2. The number of rotatable bonds is 5. The van der Waals surface area contributed by atoms with Crippen molar-refractivity contribution in [2.24, 2.45) is 0 Å². The Labute approximate surface area is 143 Å². The van der Waals surface area contributed by atoms with Crippen LogP contribution in [0.25, 0.3) is 11.4 Å². The molecular weight excluding hydrogens is 318 g/mol. The minimum Gasteiger partial charge on any atom is -0.380 e. The normalized spacial score (nSPS) is 12.2. The monoisotopic (exact) mass is 333 g/mol. The number of aliphatic hydroxyl groups excluding tert-OH is 1. The molecule has 0 saturated heterocycles. The highest BCUT2D eigenvalue weighted by Gasteiger charge is 2.19. The Balaban J connectivity index is 1.57. The van der Waals surface area contributed by atoms with Gasteiger partial charge in [0, 0.05) is 5.56 Å². The topological polar surface area (TPSA) is 89.9 Å². The Morgan fingerprint density at radius 3 is 2.48 bits per heavy atom. The molecule has 2 aromatic carbocycles. The molecule has 0 saturated carbocycles. The van der Waals surface area contributed by atoms with Crippen molar-refractivity contribution in [1.29, 1.82) is 0 Å². The zero-order chi connectivity index (χ0) is 17.1. The molecule has 7 heteroatoms. The number of hydrogen-bond donors (Lipinski definition) is 1. The van der Waals surface area contributed by atoms with Crippen molar-refractivity contribution in [3.63, 3.8) is 0 Å². The van der Waals surface area contributed by atoms with Gasteiger partial charge in [0.1, 0.15) is 19.0 Å². The summed E-state index contributed by atoms with van der Waals surface area (Å²) in [6.07, 6.45) is 0.661. The smallest absolute Gasteiger partial charge is 0.247 e. The van der Waals surface area contributed by atoms with E-state index in [1.807, 2.05) is 60.7 Å². The van der Waals surface area contributed by atoms with Crippen molar-refractivity contribution in [2.45, 2.75) is 12.6 Å². The summed E-state index contributed by atoms with van der Waals surface area (Å²) in [6, 6.07) is 18.9. The first kappa shape index (κ1) is 15.2. The van der Waals surface area contributed by atoms with E-state index >= 15 is 0 Å². The molecule has 1 unspecified atom stereocenters. The van der Waals surface area contributed by atoms with Crippen LogP contribution in [0.15, 0.2) is 71.5 Å². The molecule has 0 bridgehead atoms. The maximum Gasteiger partial charge on any atom is 0.247 e. The van der Waals surface area contributed by atoms with Crippen LogP contribution in [-0.4, -0.2) is 30.0 Å². The molecule has 2 aromatic heterocycles. The van der Waals surface area contributed by atoms with Gasteiger partial charge in [0.05, 0.1) is 0 Å². The summed E-state index contributed by atoms with van der Waals surface area (Å²) in [4.78, 5) is 4.39. The molecule has 25 heavy (non-hydrogen) atoms. The lowest BCUT2D eigenvalue weighted by Gasteiger charge is -2.11. The molecule has 2 heterocycles. The highest BCUT2D eigenvalue weighted by Crippen LogP contribution is 2.21. The molecule has 0 aliphatic carbocycles. The molecule has 4 aromatic rings. The summed E-state index contributed by atoms with van der Waals surface area (Å²) >= 11 is 0. The summed E-state index contributed by atoms with van der Waals surface area (Å²) in [7, 11) is 0. The van der Waals surface area contributed by atoms with Crippen molar-refractivity contribution in [3.8, 4) is 11.4 Å². The van der Waals surface area contributed by atoms with Gasteiger partial charge in [-0.15, -0.1) is 10.2 Å². The van der Waals surface area contributed by atoms with E-state index in [4.69, 9.17) is 4.52 Å². The third kappa shape index (κ3) is 3.17. The van der Waals surface area contributed by atoms with Crippen LogP contribution >= 0.6 is 0 Å². The minimum absolute atomic E-state index is 0.284. The lowest BCUT2D eigenvalue weighted by molar-refractivity contribution is 0.203. The number of benzene rings is 2. The Morgan fingerprint density at radius 2 is 1.72 bits per heavy atom. The van der Waals surface area contributed by atoms with Crippen molar-refractivity contribution >= 4 is 0 Å². The van der Waals surface area contributed by atoms with E-state index in [0.717, 1.165) is 11.1 Å². The van der Waals surface area contributed by atoms with Gasteiger partial charge in [-0.25, -0.2) is 0 Å². The Kier molecular flexibility index (Phi) is 4.05. The van der Waals surface area contributed by atoms with Crippen LogP contribution in [0.2, 0.25) is 0 Å². The molecule has 1 atom stereocenters. The first-order valence-corrected chi connectivity index (χ1v) is 7.80. The number of aliphatic hydroxyl groups is 1. The van der Waals surface area contributed by atoms with E-state index in [-0.39, 0.29) is 6.54 Å². The molecule has 0 radical (unpaired) electrons. The summed E-state index contributed by atoms with van der Waals surface area (Å²) in [5, 5.41) is 22.4. The molecule has 7 nitrogen and oxygen atoms in total. The number of aromatic nitrogens is 5. The van der Waals surface area contributed by atoms with Crippen LogP contribution in [0, 0.1) is 0 Å². The van der Waals surface area contributed by atoms with Crippen LogP contribution < -0.4 is 0 Å². The van der Waals surface area contributed by atoms with Gasteiger partial charge in [0.2, 0.25) is 11.7 Å². The van der Waals surface area contributed by atoms with Crippen LogP contribution in [0.5, 0.6) is 0 Å². The second-order valence-corrected chi connectivity index (χ2v) is 5.51. The maximum absolute atomic E-state index is 10.5. The van der Waals surface area contributed by atoms with Crippen LogP contribution in [0.1, 0.15) is 23.4 Å². The highest BCUT2D eigenvalue weighted by molar-refractivity contribution is 5.53. The predicted octanol–water partition coefficient (Wildman–Crippen LogP) is 2.46.